The van der Waals surface area contributed by atoms with Gasteiger partial charge in [0.2, 0.25) is 0 Å². The maximum Gasteiger partial charge on any atom is 0.153 e. The fourth-order valence-electron chi connectivity index (χ4n) is 2.70. The average molecular weight is 255 g/mol. The lowest BCUT2D eigenvalue weighted by Crippen LogP contribution is -2.10. The van der Waals surface area contributed by atoms with E-state index in [1.165, 1.54) is 36.1 Å². The predicted molar refractivity (Wildman–Crippen MR) is 79.1 cm³/mol. The number of nitrogen functional groups attached to an aromatic ring is 1. The number of anilines is 1. The van der Waals surface area contributed by atoms with Gasteiger partial charge in [-0.15, -0.1) is 0 Å². The van der Waals surface area contributed by atoms with Crippen molar-refractivity contribution in [2.24, 2.45) is 0 Å². The molecular weight excluding hydrogens is 234 g/mol. The van der Waals surface area contributed by atoms with Crippen molar-refractivity contribution in [1.29, 1.82) is 0 Å². The second kappa shape index (κ2) is 4.72. The summed E-state index contributed by atoms with van der Waals surface area (Å²) in [4.78, 5) is 0. The molecule has 1 fully saturated rings. The third-order valence-electron chi connectivity index (χ3n) is 4.20. The third-order valence-corrected chi connectivity index (χ3v) is 4.20. The zero-order valence-electron chi connectivity index (χ0n) is 11.6. The van der Waals surface area contributed by atoms with Crippen LogP contribution in [0.1, 0.15) is 56.2 Å². The summed E-state index contributed by atoms with van der Waals surface area (Å²) in [7, 11) is 0. The first-order chi connectivity index (χ1) is 9.16. The number of H-pyrrole nitrogens is 1. The zero-order valence-corrected chi connectivity index (χ0v) is 11.6. The molecule has 1 heterocycles. The highest BCUT2D eigenvalue weighted by Crippen LogP contribution is 2.42. The number of nitrogens with zero attached hydrogens (tertiary/aromatic N) is 1. The van der Waals surface area contributed by atoms with E-state index < -0.39 is 0 Å². The number of aromatic amines is 1. The van der Waals surface area contributed by atoms with Gasteiger partial charge in [0.05, 0.1) is 0 Å². The number of hydrogen-bond donors (Lipinski definition) is 2. The molecule has 0 atom stereocenters. The minimum atomic E-state index is 0.557. The number of nitrogens with one attached hydrogen (secondary N) is 1. The molecule has 0 spiro atoms. The first kappa shape index (κ1) is 12.3. The molecule has 2 aromatic rings. The molecule has 100 valence electrons. The first-order valence-electron chi connectivity index (χ1n) is 7.11. The van der Waals surface area contributed by atoms with Crippen molar-refractivity contribution < 1.29 is 0 Å². The van der Waals surface area contributed by atoms with Gasteiger partial charge >= 0.3 is 0 Å². The quantitative estimate of drug-likeness (QED) is 0.869. The Bertz CT molecular complexity index is 562. The Hall–Kier alpha value is -1.77. The third kappa shape index (κ3) is 2.14. The molecule has 0 unspecified atom stereocenters. The standard InChI is InChI=1S/C16H21N3/c1-10(2)11-6-8-12(9-7-11)14-15(13-4-3-5-13)18-19-16(14)17/h6-10,13H,3-5H2,1-2H3,(H3,17,18,19). The summed E-state index contributed by atoms with van der Waals surface area (Å²) in [6, 6.07) is 8.71. The number of hydrogen-bond acceptors (Lipinski definition) is 2. The summed E-state index contributed by atoms with van der Waals surface area (Å²) in [5.74, 6) is 1.80. The molecule has 1 aromatic heterocycles. The Balaban J connectivity index is 1.98. The lowest BCUT2D eigenvalue weighted by molar-refractivity contribution is 0.411. The molecule has 1 saturated carbocycles. The highest BCUT2D eigenvalue weighted by atomic mass is 15.2. The van der Waals surface area contributed by atoms with Crippen LogP contribution in [-0.4, -0.2) is 10.2 Å². The van der Waals surface area contributed by atoms with Crippen LogP contribution in [0, 0.1) is 0 Å². The Kier molecular flexibility index (Phi) is 3.05. The van der Waals surface area contributed by atoms with Gasteiger partial charge in [-0.3, -0.25) is 5.10 Å². The van der Waals surface area contributed by atoms with Gasteiger partial charge in [-0.1, -0.05) is 44.5 Å². The van der Waals surface area contributed by atoms with Crippen LogP contribution in [0.4, 0.5) is 5.82 Å². The molecule has 0 bridgehead atoms. The summed E-state index contributed by atoms with van der Waals surface area (Å²) in [5.41, 5.74) is 10.9. The molecule has 1 aliphatic rings. The van der Waals surface area contributed by atoms with Gasteiger partial charge in [-0.2, -0.15) is 5.10 Å². The van der Waals surface area contributed by atoms with Crippen molar-refractivity contribution in [2.75, 3.05) is 5.73 Å². The van der Waals surface area contributed by atoms with Gasteiger partial charge in [0, 0.05) is 17.2 Å². The SMILES string of the molecule is CC(C)c1ccc(-c2c(N)n[nH]c2C2CCC2)cc1. The maximum absolute atomic E-state index is 6.05. The van der Waals surface area contributed by atoms with Crippen molar-refractivity contribution in [1.82, 2.24) is 10.2 Å². The van der Waals surface area contributed by atoms with E-state index in [1.807, 2.05) is 0 Å². The fraction of sp³-hybridized carbons (Fsp3) is 0.438. The van der Waals surface area contributed by atoms with E-state index in [2.05, 4.69) is 48.3 Å². The number of nitrogens with two attached hydrogens (primary N) is 1. The molecule has 19 heavy (non-hydrogen) atoms. The molecule has 0 amide bonds. The van der Waals surface area contributed by atoms with Crippen LogP contribution in [0.2, 0.25) is 0 Å². The molecule has 3 rings (SSSR count). The number of rotatable bonds is 3. The van der Waals surface area contributed by atoms with E-state index in [-0.39, 0.29) is 0 Å². The van der Waals surface area contributed by atoms with Crippen molar-refractivity contribution in [3.05, 3.63) is 35.5 Å². The van der Waals surface area contributed by atoms with E-state index in [0.29, 0.717) is 17.7 Å². The normalized spacial score (nSPS) is 15.7. The monoisotopic (exact) mass is 255 g/mol. The molecule has 1 aromatic carbocycles. The Labute approximate surface area is 114 Å². The van der Waals surface area contributed by atoms with Gasteiger partial charge < -0.3 is 5.73 Å². The molecule has 3 nitrogen and oxygen atoms in total. The van der Waals surface area contributed by atoms with E-state index in [1.54, 1.807) is 0 Å². The minimum Gasteiger partial charge on any atom is -0.382 e. The summed E-state index contributed by atoms with van der Waals surface area (Å²) in [5, 5.41) is 7.34. The van der Waals surface area contributed by atoms with Crippen LogP contribution in [0.3, 0.4) is 0 Å². The Morgan fingerprint density at radius 3 is 2.42 bits per heavy atom. The van der Waals surface area contributed by atoms with Gasteiger partial charge in [0.1, 0.15) is 0 Å². The van der Waals surface area contributed by atoms with E-state index in [0.717, 1.165) is 5.56 Å². The number of aromatic nitrogens is 2. The van der Waals surface area contributed by atoms with Crippen LogP contribution >= 0.6 is 0 Å². The summed E-state index contributed by atoms with van der Waals surface area (Å²) in [6.07, 6.45) is 3.81. The smallest absolute Gasteiger partial charge is 0.153 e. The summed E-state index contributed by atoms with van der Waals surface area (Å²) in [6.45, 7) is 4.42. The first-order valence-corrected chi connectivity index (χ1v) is 7.11. The fourth-order valence-corrected chi connectivity index (χ4v) is 2.70. The van der Waals surface area contributed by atoms with Gasteiger partial charge in [0.25, 0.3) is 0 Å². The molecule has 1 aliphatic carbocycles. The lowest BCUT2D eigenvalue weighted by atomic mass is 9.80. The van der Waals surface area contributed by atoms with Crippen LogP contribution in [0.5, 0.6) is 0 Å². The predicted octanol–water partition coefficient (Wildman–Crippen LogP) is 4.05. The van der Waals surface area contributed by atoms with Crippen molar-refractivity contribution in [3.8, 4) is 11.1 Å². The second-order valence-corrected chi connectivity index (χ2v) is 5.80. The van der Waals surface area contributed by atoms with E-state index in [9.17, 15) is 0 Å². The zero-order chi connectivity index (χ0) is 13.4. The molecular formula is C16H21N3. The summed E-state index contributed by atoms with van der Waals surface area (Å²) < 4.78 is 0. The summed E-state index contributed by atoms with van der Waals surface area (Å²) >= 11 is 0. The highest BCUT2D eigenvalue weighted by molar-refractivity contribution is 5.77. The number of benzene rings is 1. The molecule has 0 aliphatic heterocycles. The Morgan fingerprint density at radius 1 is 1.21 bits per heavy atom. The van der Waals surface area contributed by atoms with Crippen molar-refractivity contribution in [2.45, 2.75) is 44.9 Å². The van der Waals surface area contributed by atoms with Gasteiger partial charge in [0.15, 0.2) is 5.82 Å². The Morgan fingerprint density at radius 2 is 1.89 bits per heavy atom. The maximum atomic E-state index is 6.05. The van der Waals surface area contributed by atoms with Crippen LogP contribution in [0.15, 0.2) is 24.3 Å². The lowest BCUT2D eigenvalue weighted by Gasteiger charge is -2.25. The molecule has 3 N–H and O–H groups in total. The minimum absolute atomic E-state index is 0.557. The molecule has 3 heteroatoms. The van der Waals surface area contributed by atoms with Gasteiger partial charge in [-0.05, 0) is 29.9 Å². The van der Waals surface area contributed by atoms with Crippen LogP contribution in [0.25, 0.3) is 11.1 Å². The van der Waals surface area contributed by atoms with Crippen molar-refractivity contribution in [3.63, 3.8) is 0 Å². The highest BCUT2D eigenvalue weighted by Gasteiger charge is 2.26. The van der Waals surface area contributed by atoms with Crippen LogP contribution < -0.4 is 5.73 Å². The molecule has 0 radical (unpaired) electrons. The molecule has 0 saturated heterocycles. The van der Waals surface area contributed by atoms with E-state index in [4.69, 9.17) is 5.73 Å². The topological polar surface area (TPSA) is 54.7 Å². The van der Waals surface area contributed by atoms with Crippen molar-refractivity contribution >= 4 is 5.82 Å². The van der Waals surface area contributed by atoms with E-state index >= 15 is 0 Å². The van der Waals surface area contributed by atoms with Crippen LogP contribution in [-0.2, 0) is 0 Å². The largest absolute Gasteiger partial charge is 0.382 e. The van der Waals surface area contributed by atoms with Gasteiger partial charge in [-0.25, -0.2) is 0 Å². The second-order valence-electron chi connectivity index (χ2n) is 5.80. The average Bonchev–Trinajstić information content (AvgIpc) is 2.69.